The normalized spacial score (nSPS) is 20.7. The van der Waals surface area contributed by atoms with Gasteiger partial charge in [0, 0.05) is 11.6 Å². The van der Waals surface area contributed by atoms with Crippen LogP contribution in [-0.4, -0.2) is 31.9 Å². The van der Waals surface area contributed by atoms with Gasteiger partial charge in [-0.2, -0.15) is 0 Å². The second-order valence-electron chi connectivity index (χ2n) is 7.58. The molecule has 0 bridgehead atoms. The number of nitrogens with zero attached hydrogens (tertiary/aromatic N) is 1. The third kappa shape index (κ3) is 3.51. The van der Waals surface area contributed by atoms with Crippen LogP contribution in [0.1, 0.15) is 36.0 Å². The summed E-state index contributed by atoms with van der Waals surface area (Å²) in [5.41, 5.74) is 1.28. The summed E-state index contributed by atoms with van der Waals surface area (Å²) in [6.45, 7) is 0. The maximum absolute atomic E-state index is 12.8. The summed E-state index contributed by atoms with van der Waals surface area (Å²) in [7, 11) is 3.06. The third-order valence-corrected chi connectivity index (χ3v) is 5.86. The van der Waals surface area contributed by atoms with Gasteiger partial charge < -0.3 is 14.8 Å². The Hall–Kier alpha value is -3.35. The number of carbonyl (C=O) groups excluding carboxylic acids is 3. The summed E-state index contributed by atoms with van der Waals surface area (Å²) >= 11 is 0. The number of nitrogens with one attached hydrogen (secondary N) is 1. The minimum Gasteiger partial charge on any atom is -0.497 e. The van der Waals surface area contributed by atoms with Gasteiger partial charge in [-0.05, 0) is 43.2 Å². The molecule has 2 atom stereocenters. The number of imide groups is 1. The predicted molar refractivity (Wildman–Crippen MR) is 112 cm³/mol. The van der Waals surface area contributed by atoms with Crippen LogP contribution in [0.3, 0.4) is 0 Å². The molecule has 0 aromatic heterocycles. The molecular weight excluding hydrogens is 384 g/mol. The lowest BCUT2D eigenvalue weighted by atomic mass is 9.81. The Kier molecular flexibility index (Phi) is 5.44. The van der Waals surface area contributed by atoms with Gasteiger partial charge >= 0.3 is 0 Å². The first-order valence-corrected chi connectivity index (χ1v) is 10.0. The molecule has 1 heterocycles. The van der Waals surface area contributed by atoms with Gasteiger partial charge in [0.2, 0.25) is 11.8 Å². The van der Waals surface area contributed by atoms with Gasteiger partial charge in [-0.1, -0.05) is 18.9 Å². The van der Waals surface area contributed by atoms with Crippen LogP contribution in [0, 0.1) is 11.8 Å². The summed E-state index contributed by atoms with van der Waals surface area (Å²) < 4.78 is 10.5. The average molecular weight is 408 g/mol. The fourth-order valence-electron chi connectivity index (χ4n) is 4.30. The molecule has 30 heavy (non-hydrogen) atoms. The van der Waals surface area contributed by atoms with Crippen molar-refractivity contribution < 1.29 is 23.9 Å². The molecule has 1 aliphatic heterocycles. The van der Waals surface area contributed by atoms with Crippen LogP contribution in [0.25, 0.3) is 0 Å². The van der Waals surface area contributed by atoms with Crippen molar-refractivity contribution in [1.82, 2.24) is 0 Å². The van der Waals surface area contributed by atoms with Gasteiger partial charge in [-0.15, -0.1) is 0 Å². The molecule has 0 radical (unpaired) electrons. The number of ether oxygens (including phenoxy) is 2. The fourth-order valence-corrected chi connectivity index (χ4v) is 4.30. The van der Waals surface area contributed by atoms with Crippen molar-refractivity contribution >= 4 is 29.1 Å². The molecule has 156 valence electrons. The zero-order valence-corrected chi connectivity index (χ0v) is 17.0. The molecule has 0 spiro atoms. The van der Waals surface area contributed by atoms with Crippen LogP contribution in [0.15, 0.2) is 42.5 Å². The standard InChI is InChI=1S/C23H24N2O5/c1-29-16-10-11-19(20(13-16)30-2)24-21(26)14-6-5-7-15(12-14)25-22(27)17-8-3-4-9-18(17)23(25)28/h5-7,10-13,17-18H,3-4,8-9H2,1-2H3,(H,24,26)/t17-,18+. The SMILES string of the molecule is COc1ccc(NC(=O)c2cccc(N3C(=O)[C@H]4CCCC[C@H]4C3=O)c2)c(OC)c1. The van der Waals surface area contributed by atoms with E-state index in [2.05, 4.69) is 5.32 Å². The Bertz CT molecular complexity index is 979. The summed E-state index contributed by atoms with van der Waals surface area (Å²) in [6.07, 6.45) is 3.45. The first-order valence-electron chi connectivity index (χ1n) is 10.0. The molecule has 7 nitrogen and oxygen atoms in total. The Balaban J connectivity index is 1.57. The lowest BCUT2D eigenvalue weighted by Gasteiger charge is -2.19. The van der Waals surface area contributed by atoms with E-state index in [1.807, 2.05) is 0 Å². The number of methoxy groups -OCH3 is 2. The number of hydrogen-bond acceptors (Lipinski definition) is 5. The van der Waals surface area contributed by atoms with Crippen molar-refractivity contribution in [2.24, 2.45) is 11.8 Å². The third-order valence-electron chi connectivity index (χ3n) is 5.86. The minimum atomic E-state index is -0.364. The van der Waals surface area contributed by atoms with Crippen LogP contribution in [0.4, 0.5) is 11.4 Å². The van der Waals surface area contributed by atoms with Crippen molar-refractivity contribution in [3.8, 4) is 11.5 Å². The maximum atomic E-state index is 12.8. The zero-order valence-electron chi connectivity index (χ0n) is 17.0. The lowest BCUT2D eigenvalue weighted by Crippen LogP contribution is -2.31. The first-order chi connectivity index (χ1) is 14.5. The largest absolute Gasteiger partial charge is 0.497 e. The molecule has 1 aliphatic carbocycles. The van der Waals surface area contributed by atoms with Gasteiger partial charge in [0.15, 0.2) is 0 Å². The second-order valence-corrected chi connectivity index (χ2v) is 7.58. The van der Waals surface area contributed by atoms with Gasteiger partial charge in [-0.3, -0.25) is 19.3 Å². The Morgan fingerprint density at radius 2 is 1.67 bits per heavy atom. The fraction of sp³-hybridized carbons (Fsp3) is 0.348. The Labute approximate surface area is 175 Å². The highest BCUT2D eigenvalue weighted by Crippen LogP contribution is 2.40. The maximum Gasteiger partial charge on any atom is 0.255 e. The molecule has 1 saturated carbocycles. The van der Waals surface area contributed by atoms with Crippen LogP contribution >= 0.6 is 0 Å². The summed E-state index contributed by atoms with van der Waals surface area (Å²) in [5.74, 6) is -0.0539. The lowest BCUT2D eigenvalue weighted by molar-refractivity contribution is -0.122. The molecule has 7 heteroatoms. The Morgan fingerprint density at radius 3 is 2.30 bits per heavy atom. The summed E-state index contributed by atoms with van der Waals surface area (Å²) in [4.78, 5) is 39.8. The van der Waals surface area contributed by atoms with Gasteiger partial charge in [0.05, 0.1) is 37.4 Å². The first kappa shape index (κ1) is 19.9. The molecule has 1 saturated heterocycles. The predicted octanol–water partition coefficient (Wildman–Crippen LogP) is 3.64. The molecule has 2 aromatic rings. The summed E-state index contributed by atoms with van der Waals surface area (Å²) in [5, 5.41) is 2.81. The number of hydrogen-bond donors (Lipinski definition) is 1. The zero-order chi connectivity index (χ0) is 21.3. The number of benzene rings is 2. The van der Waals surface area contributed by atoms with Crippen molar-refractivity contribution in [3.05, 3.63) is 48.0 Å². The van der Waals surface area contributed by atoms with Crippen molar-refractivity contribution in [2.45, 2.75) is 25.7 Å². The van der Waals surface area contributed by atoms with Crippen LogP contribution in [0.5, 0.6) is 11.5 Å². The van der Waals surface area contributed by atoms with E-state index in [0.29, 0.717) is 28.4 Å². The van der Waals surface area contributed by atoms with Gasteiger partial charge in [-0.25, -0.2) is 0 Å². The highest BCUT2D eigenvalue weighted by atomic mass is 16.5. The molecule has 1 N–H and O–H groups in total. The Morgan fingerprint density at radius 1 is 0.967 bits per heavy atom. The van der Waals surface area contributed by atoms with E-state index in [9.17, 15) is 14.4 Å². The van der Waals surface area contributed by atoms with E-state index >= 15 is 0 Å². The van der Waals surface area contributed by atoms with E-state index < -0.39 is 0 Å². The number of fused-ring (bicyclic) bond motifs is 1. The topological polar surface area (TPSA) is 84.9 Å². The monoisotopic (exact) mass is 408 g/mol. The summed E-state index contributed by atoms with van der Waals surface area (Å²) in [6, 6.07) is 11.7. The quantitative estimate of drug-likeness (QED) is 0.764. The number of amides is 3. The van der Waals surface area contributed by atoms with Crippen LogP contribution < -0.4 is 19.7 Å². The molecule has 0 unspecified atom stereocenters. The molecule has 2 aromatic carbocycles. The van der Waals surface area contributed by atoms with E-state index in [4.69, 9.17) is 9.47 Å². The number of rotatable bonds is 5. The average Bonchev–Trinajstić information content (AvgIpc) is 3.04. The van der Waals surface area contributed by atoms with Crippen molar-refractivity contribution in [2.75, 3.05) is 24.4 Å². The number of anilines is 2. The molecule has 2 fully saturated rings. The van der Waals surface area contributed by atoms with E-state index in [1.165, 1.54) is 12.0 Å². The minimum absolute atomic E-state index is 0.154. The van der Waals surface area contributed by atoms with Crippen LogP contribution in [0.2, 0.25) is 0 Å². The number of carbonyl (C=O) groups is 3. The van der Waals surface area contributed by atoms with Crippen molar-refractivity contribution in [3.63, 3.8) is 0 Å². The second kappa shape index (κ2) is 8.18. The molecule has 2 aliphatic rings. The molecule has 3 amide bonds. The van der Waals surface area contributed by atoms with Gasteiger partial charge in [0.1, 0.15) is 11.5 Å². The van der Waals surface area contributed by atoms with E-state index in [-0.39, 0.29) is 29.6 Å². The molecule has 4 rings (SSSR count). The molecular formula is C23H24N2O5. The highest BCUT2D eigenvalue weighted by Gasteiger charge is 2.48. The smallest absolute Gasteiger partial charge is 0.255 e. The van der Waals surface area contributed by atoms with Crippen molar-refractivity contribution in [1.29, 1.82) is 0 Å². The van der Waals surface area contributed by atoms with E-state index in [1.54, 1.807) is 49.6 Å². The van der Waals surface area contributed by atoms with E-state index in [0.717, 1.165) is 25.7 Å². The van der Waals surface area contributed by atoms with Gasteiger partial charge in [0.25, 0.3) is 5.91 Å². The highest BCUT2D eigenvalue weighted by molar-refractivity contribution is 6.22. The van der Waals surface area contributed by atoms with Crippen LogP contribution in [-0.2, 0) is 9.59 Å².